The monoisotopic (exact) mass is 193 g/mol. The molecule has 3 nitrogen and oxygen atoms in total. The Bertz CT molecular complexity index is 285. The summed E-state index contributed by atoms with van der Waals surface area (Å²) in [6.07, 6.45) is 0.813. The lowest BCUT2D eigenvalue weighted by molar-refractivity contribution is -0.145. The zero-order valence-electron chi connectivity index (χ0n) is 8.27. The third kappa shape index (κ3) is 2.85. The number of rotatable bonds is 4. The van der Waals surface area contributed by atoms with E-state index in [1.807, 2.05) is 37.3 Å². The second kappa shape index (κ2) is 5.40. The molecule has 0 saturated heterocycles. The molecule has 0 saturated carbocycles. The van der Waals surface area contributed by atoms with Crippen molar-refractivity contribution in [2.75, 3.05) is 6.61 Å². The first-order valence-electron chi connectivity index (χ1n) is 4.73. The van der Waals surface area contributed by atoms with E-state index in [2.05, 4.69) is 0 Å². The normalized spacial score (nSPS) is 12.1. The van der Waals surface area contributed by atoms with Gasteiger partial charge in [-0.25, -0.2) is 4.79 Å². The number of benzene rings is 1. The summed E-state index contributed by atoms with van der Waals surface area (Å²) in [6, 6.07) is 8.55. The molecule has 0 radical (unpaired) electrons. The fourth-order valence-electron chi connectivity index (χ4n) is 1.09. The van der Waals surface area contributed by atoms with E-state index in [1.165, 1.54) is 0 Å². The van der Waals surface area contributed by atoms with Gasteiger partial charge in [-0.1, -0.05) is 37.3 Å². The van der Waals surface area contributed by atoms with Crippen LogP contribution in [-0.2, 0) is 9.53 Å². The average Bonchev–Trinajstić information content (AvgIpc) is 2.26. The molecule has 0 aliphatic carbocycles. The van der Waals surface area contributed by atoms with E-state index in [4.69, 9.17) is 10.5 Å². The van der Waals surface area contributed by atoms with Crippen LogP contribution in [0.2, 0.25) is 0 Å². The van der Waals surface area contributed by atoms with Crippen molar-refractivity contribution in [2.24, 2.45) is 5.73 Å². The van der Waals surface area contributed by atoms with Gasteiger partial charge in [0.2, 0.25) is 0 Å². The summed E-state index contributed by atoms with van der Waals surface area (Å²) in [5.74, 6) is -0.363. The molecule has 0 amide bonds. The van der Waals surface area contributed by atoms with Gasteiger partial charge in [0, 0.05) is 0 Å². The Morgan fingerprint density at radius 3 is 2.64 bits per heavy atom. The SMILES string of the molecule is CCCOC(=O)[C@H](N)c1ccccc1. The van der Waals surface area contributed by atoms with E-state index in [-0.39, 0.29) is 5.97 Å². The molecule has 1 aromatic rings. The first kappa shape index (κ1) is 10.7. The van der Waals surface area contributed by atoms with Crippen LogP contribution < -0.4 is 5.73 Å². The molecule has 0 unspecified atom stereocenters. The molecular weight excluding hydrogens is 178 g/mol. The third-order valence-corrected chi connectivity index (χ3v) is 1.86. The summed E-state index contributed by atoms with van der Waals surface area (Å²) in [4.78, 5) is 11.4. The maximum Gasteiger partial charge on any atom is 0.327 e. The number of nitrogens with two attached hydrogens (primary N) is 1. The summed E-state index contributed by atoms with van der Waals surface area (Å²) < 4.78 is 4.94. The van der Waals surface area contributed by atoms with Crippen molar-refractivity contribution >= 4 is 5.97 Å². The van der Waals surface area contributed by atoms with E-state index in [0.717, 1.165) is 12.0 Å². The standard InChI is InChI=1S/C11H15NO2/c1-2-8-14-11(13)10(12)9-6-4-3-5-7-9/h3-7,10H,2,8,12H2,1H3/t10-/m1/s1. The van der Waals surface area contributed by atoms with Crippen molar-refractivity contribution in [3.8, 4) is 0 Å². The van der Waals surface area contributed by atoms with E-state index < -0.39 is 6.04 Å². The molecule has 2 N–H and O–H groups in total. The maximum absolute atomic E-state index is 11.4. The fraction of sp³-hybridized carbons (Fsp3) is 0.364. The van der Waals surface area contributed by atoms with Crippen molar-refractivity contribution in [3.05, 3.63) is 35.9 Å². The average molecular weight is 193 g/mol. The van der Waals surface area contributed by atoms with E-state index in [0.29, 0.717) is 6.61 Å². The van der Waals surface area contributed by atoms with Gasteiger partial charge >= 0.3 is 5.97 Å². The zero-order chi connectivity index (χ0) is 10.4. The predicted molar refractivity (Wildman–Crippen MR) is 54.6 cm³/mol. The molecule has 0 aliphatic heterocycles. The molecule has 0 spiro atoms. The first-order chi connectivity index (χ1) is 6.75. The van der Waals surface area contributed by atoms with Crippen molar-refractivity contribution in [2.45, 2.75) is 19.4 Å². The van der Waals surface area contributed by atoms with Crippen molar-refractivity contribution in [1.29, 1.82) is 0 Å². The number of hydrogen-bond donors (Lipinski definition) is 1. The number of carbonyl (C=O) groups is 1. The first-order valence-corrected chi connectivity index (χ1v) is 4.73. The fourth-order valence-corrected chi connectivity index (χ4v) is 1.09. The lowest BCUT2D eigenvalue weighted by Crippen LogP contribution is -2.23. The minimum Gasteiger partial charge on any atom is -0.464 e. The Labute approximate surface area is 83.9 Å². The smallest absolute Gasteiger partial charge is 0.327 e. The molecule has 1 aromatic carbocycles. The molecule has 0 aromatic heterocycles. The van der Waals surface area contributed by atoms with Crippen LogP contribution >= 0.6 is 0 Å². The van der Waals surface area contributed by atoms with Gasteiger partial charge in [0.15, 0.2) is 0 Å². The van der Waals surface area contributed by atoms with Crippen molar-refractivity contribution < 1.29 is 9.53 Å². The summed E-state index contributed by atoms with van der Waals surface area (Å²) in [7, 11) is 0. The highest BCUT2D eigenvalue weighted by molar-refractivity contribution is 5.77. The Kier molecular flexibility index (Phi) is 4.13. The molecule has 0 fully saturated rings. The molecule has 3 heteroatoms. The maximum atomic E-state index is 11.4. The van der Waals surface area contributed by atoms with Crippen LogP contribution in [0.4, 0.5) is 0 Å². The second-order valence-corrected chi connectivity index (χ2v) is 3.06. The molecular formula is C11H15NO2. The number of carbonyl (C=O) groups excluding carboxylic acids is 1. The lowest BCUT2D eigenvalue weighted by Gasteiger charge is -2.10. The minimum atomic E-state index is -0.664. The quantitative estimate of drug-likeness (QED) is 0.739. The van der Waals surface area contributed by atoms with Crippen molar-refractivity contribution in [3.63, 3.8) is 0 Å². The van der Waals surface area contributed by atoms with Gasteiger partial charge in [-0.2, -0.15) is 0 Å². The van der Waals surface area contributed by atoms with Gasteiger partial charge in [0.1, 0.15) is 6.04 Å². The van der Waals surface area contributed by atoms with Gasteiger partial charge in [-0.3, -0.25) is 0 Å². The topological polar surface area (TPSA) is 52.3 Å². The Balaban J connectivity index is 2.57. The molecule has 0 bridgehead atoms. The molecule has 0 heterocycles. The Morgan fingerprint density at radius 1 is 1.43 bits per heavy atom. The van der Waals surface area contributed by atoms with Crippen LogP contribution in [0, 0.1) is 0 Å². The Hall–Kier alpha value is -1.35. The summed E-state index contributed by atoms with van der Waals surface area (Å²) in [5, 5.41) is 0. The lowest BCUT2D eigenvalue weighted by atomic mass is 10.1. The highest BCUT2D eigenvalue weighted by Gasteiger charge is 2.15. The Morgan fingerprint density at radius 2 is 2.07 bits per heavy atom. The van der Waals surface area contributed by atoms with E-state index in [9.17, 15) is 4.79 Å². The van der Waals surface area contributed by atoms with Crippen molar-refractivity contribution in [1.82, 2.24) is 0 Å². The van der Waals surface area contributed by atoms with Crippen LogP contribution in [0.15, 0.2) is 30.3 Å². The van der Waals surface area contributed by atoms with Gasteiger partial charge in [0.25, 0.3) is 0 Å². The van der Waals surface area contributed by atoms with Crippen LogP contribution in [0.5, 0.6) is 0 Å². The number of hydrogen-bond acceptors (Lipinski definition) is 3. The highest BCUT2D eigenvalue weighted by Crippen LogP contribution is 2.10. The van der Waals surface area contributed by atoms with E-state index in [1.54, 1.807) is 0 Å². The highest BCUT2D eigenvalue weighted by atomic mass is 16.5. The van der Waals surface area contributed by atoms with Crippen LogP contribution in [-0.4, -0.2) is 12.6 Å². The van der Waals surface area contributed by atoms with Gasteiger partial charge in [0.05, 0.1) is 6.61 Å². The number of ether oxygens (including phenoxy) is 1. The van der Waals surface area contributed by atoms with Gasteiger partial charge in [-0.15, -0.1) is 0 Å². The van der Waals surface area contributed by atoms with Crippen LogP contribution in [0.3, 0.4) is 0 Å². The molecule has 14 heavy (non-hydrogen) atoms. The minimum absolute atomic E-state index is 0.363. The van der Waals surface area contributed by atoms with Gasteiger partial charge < -0.3 is 10.5 Å². The molecule has 1 rings (SSSR count). The molecule has 0 aliphatic rings. The predicted octanol–water partition coefficient (Wildman–Crippen LogP) is 1.64. The summed E-state index contributed by atoms with van der Waals surface area (Å²) in [5.41, 5.74) is 6.49. The summed E-state index contributed by atoms with van der Waals surface area (Å²) >= 11 is 0. The number of esters is 1. The van der Waals surface area contributed by atoms with Crippen LogP contribution in [0.1, 0.15) is 24.9 Å². The molecule has 1 atom stereocenters. The van der Waals surface area contributed by atoms with Crippen LogP contribution in [0.25, 0.3) is 0 Å². The largest absolute Gasteiger partial charge is 0.464 e. The van der Waals surface area contributed by atoms with Gasteiger partial charge in [-0.05, 0) is 12.0 Å². The summed E-state index contributed by atoms with van der Waals surface area (Å²) in [6.45, 7) is 2.38. The zero-order valence-corrected chi connectivity index (χ0v) is 8.27. The third-order valence-electron chi connectivity index (χ3n) is 1.86. The second-order valence-electron chi connectivity index (χ2n) is 3.06. The van der Waals surface area contributed by atoms with E-state index >= 15 is 0 Å². The molecule has 76 valence electrons.